The molecule has 0 bridgehead atoms. The lowest BCUT2D eigenvalue weighted by Gasteiger charge is -2.19. The van der Waals surface area contributed by atoms with Gasteiger partial charge in [0.1, 0.15) is 5.75 Å². The minimum Gasteiger partial charge on any atom is -0.493 e. The lowest BCUT2D eigenvalue weighted by Crippen LogP contribution is -2.34. The normalized spacial score (nSPS) is 10.4. The fourth-order valence-corrected chi connectivity index (χ4v) is 1.44. The van der Waals surface area contributed by atoms with Gasteiger partial charge in [-0.05, 0) is 26.2 Å². The topological polar surface area (TPSA) is 32.8 Å². The molecule has 1 rings (SSSR count). The van der Waals surface area contributed by atoms with E-state index in [4.69, 9.17) is 4.74 Å². The molecule has 0 N–H and O–H groups in total. The second-order valence-electron chi connectivity index (χ2n) is 4.53. The average molecular weight is 250 g/mol. The molecule has 1 aromatic rings. The van der Waals surface area contributed by atoms with Crippen LogP contribution in [0.3, 0.4) is 0 Å². The summed E-state index contributed by atoms with van der Waals surface area (Å²) >= 11 is 0. The maximum atomic E-state index is 11.8. The third-order valence-corrected chi connectivity index (χ3v) is 2.64. The van der Waals surface area contributed by atoms with E-state index < -0.39 is 0 Å². The molecular formula is C14H22N2O2. The highest BCUT2D eigenvalue weighted by molar-refractivity contribution is 5.75. The Labute approximate surface area is 109 Å². The number of amides is 1. The summed E-state index contributed by atoms with van der Waals surface area (Å²) in [6, 6.07) is 9.55. The average Bonchev–Trinajstić information content (AvgIpc) is 2.37. The van der Waals surface area contributed by atoms with Crippen LogP contribution in [-0.4, -0.2) is 56.5 Å². The highest BCUT2D eigenvalue weighted by atomic mass is 16.5. The van der Waals surface area contributed by atoms with E-state index in [1.165, 1.54) is 0 Å². The van der Waals surface area contributed by atoms with E-state index in [1.807, 2.05) is 51.5 Å². The maximum Gasteiger partial charge on any atom is 0.225 e. The molecule has 100 valence electrons. The monoisotopic (exact) mass is 250 g/mol. The summed E-state index contributed by atoms with van der Waals surface area (Å²) in [5.74, 6) is 0.925. The van der Waals surface area contributed by atoms with Gasteiger partial charge in [0.25, 0.3) is 0 Å². The van der Waals surface area contributed by atoms with Crippen LogP contribution in [0, 0.1) is 0 Å². The first-order valence-corrected chi connectivity index (χ1v) is 6.16. The molecule has 4 nitrogen and oxygen atoms in total. The molecule has 0 saturated carbocycles. The van der Waals surface area contributed by atoms with Gasteiger partial charge in [-0.3, -0.25) is 4.79 Å². The first-order valence-electron chi connectivity index (χ1n) is 6.16. The van der Waals surface area contributed by atoms with Gasteiger partial charge in [-0.15, -0.1) is 0 Å². The molecule has 0 aliphatic rings. The third-order valence-electron chi connectivity index (χ3n) is 2.64. The Balaban J connectivity index is 2.20. The Bertz CT molecular complexity index is 352. The van der Waals surface area contributed by atoms with Crippen LogP contribution in [0.5, 0.6) is 5.75 Å². The fourth-order valence-electron chi connectivity index (χ4n) is 1.44. The van der Waals surface area contributed by atoms with Gasteiger partial charge in [-0.25, -0.2) is 0 Å². The van der Waals surface area contributed by atoms with Crippen LogP contribution in [-0.2, 0) is 4.79 Å². The summed E-state index contributed by atoms with van der Waals surface area (Å²) in [6.07, 6.45) is 0.415. The largest absolute Gasteiger partial charge is 0.493 e. The second kappa shape index (κ2) is 7.71. The lowest BCUT2D eigenvalue weighted by molar-refractivity contribution is -0.130. The van der Waals surface area contributed by atoms with Crippen molar-refractivity contribution in [1.82, 2.24) is 9.80 Å². The van der Waals surface area contributed by atoms with E-state index in [9.17, 15) is 4.79 Å². The van der Waals surface area contributed by atoms with Crippen molar-refractivity contribution in [2.24, 2.45) is 0 Å². The molecule has 0 spiro atoms. The van der Waals surface area contributed by atoms with Gasteiger partial charge in [0, 0.05) is 20.1 Å². The van der Waals surface area contributed by atoms with E-state index in [0.717, 1.165) is 18.8 Å². The maximum absolute atomic E-state index is 11.8. The Hall–Kier alpha value is -1.55. The number of benzene rings is 1. The van der Waals surface area contributed by atoms with Gasteiger partial charge >= 0.3 is 0 Å². The van der Waals surface area contributed by atoms with E-state index in [-0.39, 0.29) is 5.91 Å². The molecule has 0 aliphatic carbocycles. The number of hydrogen-bond donors (Lipinski definition) is 0. The summed E-state index contributed by atoms with van der Waals surface area (Å²) < 4.78 is 5.49. The van der Waals surface area contributed by atoms with Gasteiger partial charge < -0.3 is 14.5 Å². The molecule has 4 heteroatoms. The van der Waals surface area contributed by atoms with Crippen LogP contribution in [0.15, 0.2) is 30.3 Å². The van der Waals surface area contributed by atoms with Gasteiger partial charge in [-0.2, -0.15) is 0 Å². The van der Waals surface area contributed by atoms with Crippen LogP contribution < -0.4 is 4.74 Å². The minimum absolute atomic E-state index is 0.118. The predicted molar refractivity (Wildman–Crippen MR) is 72.7 cm³/mol. The molecule has 0 saturated heterocycles. The number of carbonyl (C=O) groups is 1. The molecule has 18 heavy (non-hydrogen) atoms. The Morgan fingerprint density at radius 3 is 2.39 bits per heavy atom. The number of carbonyl (C=O) groups excluding carboxylic acids is 1. The fraction of sp³-hybridized carbons (Fsp3) is 0.500. The number of nitrogens with zero attached hydrogens (tertiary/aromatic N) is 2. The Morgan fingerprint density at radius 1 is 1.11 bits per heavy atom. The van der Waals surface area contributed by atoms with Crippen molar-refractivity contribution in [1.29, 1.82) is 0 Å². The highest BCUT2D eigenvalue weighted by Crippen LogP contribution is 2.08. The number of hydrogen-bond acceptors (Lipinski definition) is 3. The number of ether oxygens (including phenoxy) is 1. The van der Waals surface area contributed by atoms with Crippen LogP contribution in [0.4, 0.5) is 0 Å². The molecule has 0 radical (unpaired) electrons. The molecule has 0 aromatic heterocycles. The molecule has 0 aliphatic heterocycles. The van der Waals surface area contributed by atoms with E-state index >= 15 is 0 Å². The van der Waals surface area contributed by atoms with E-state index in [2.05, 4.69) is 4.90 Å². The van der Waals surface area contributed by atoms with Crippen LogP contribution in [0.25, 0.3) is 0 Å². The van der Waals surface area contributed by atoms with Gasteiger partial charge in [0.2, 0.25) is 5.91 Å². The van der Waals surface area contributed by atoms with Crippen molar-refractivity contribution >= 4 is 5.91 Å². The zero-order chi connectivity index (χ0) is 13.4. The molecule has 0 atom stereocenters. The van der Waals surface area contributed by atoms with Gasteiger partial charge in [-0.1, -0.05) is 18.2 Å². The van der Waals surface area contributed by atoms with Gasteiger partial charge in [0.05, 0.1) is 13.0 Å². The summed E-state index contributed by atoms with van der Waals surface area (Å²) in [4.78, 5) is 15.6. The third kappa shape index (κ3) is 5.68. The number of rotatable bonds is 7. The number of para-hydroxylation sites is 1. The minimum atomic E-state index is 0.118. The van der Waals surface area contributed by atoms with Crippen molar-refractivity contribution in [3.8, 4) is 5.75 Å². The Morgan fingerprint density at radius 2 is 1.78 bits per heavy atom. The number of likely N-dealkylation sites (N-methyl/N-ethyl adjacent to an activating group) is 2. The predicted octanol–water partition coefficient (Wildman–Crippen LogP) is 1.48. The first-order chi connectivity index (χ1) is 8.59. The zero-order valence-electron chi connectivity index (χ0n) is 11.4. The molecule has 1 aromatic carbocycles. The van der Waals surface area contributed by atoms with Crippen LogP contribution in [0.2, 0.25) is 0 Å². The summed E-state index contributed by atoms with van der Waals surface area (Å²) in [5, 5.41) is 0. The molecule has 0 unspecified atom stereocenters. The summed E-state index contributed by atoms with van der Waals surface area (Å²) in [6.45, 7) is 2.05. The lowest BCUT2D eigenvalue weighted by atomic mass is 10.3. The van der Waals surface area contributed by atoms with Crippen LogP contribution >= 0.6 is 0 Å². The summed E-state index contributed by atoms with van der Waals surface area (Å²) in [7, 11) is 5.82. The molecule has 0 heterocycles. The van der Waals surface area contributed by atoms with Crippen molar-refractivity contribution in [3.63, 3.8) is 0 Å². The molecular weight excluding hydrogens is 228 g/mol. The van der Waals surface area contributed by atoms with Crippen molar-refractivity contribution < 1.29 is 9.53 Å². The van der Waals surface area contributed by atoms with Crippen molar-refractivity contribution in [2.45, 2.75) is 6.42 Å². The highest BCUT2D eigenvalue weighted by Gasteiger charge is 2.08. The van der Waals surface area contributed by atoms with E-state index in [1.54, 1.807) is 4.90 Å². The molecule has 0 fully saturated rings. The Kier molecular flexibility index (Phi) is 6.22. The SMILES string of the molecule is CN(C)CCN(C)C(=O)CCOc1ccccc1. The zero-order valence-corrected chi connectivity index (χ0v) is 11.4. The molecule has 1 amide bonds. The van der Waals surface area contributed by atoms with Crippen molar-refractivity contribution in [3.05, 3.63) is 30.3 Å². The van der Waals surface area contributed by atoms with E-state index in [0.29, 0.717) is 13.0 Å². The van der Waals surface area contributed by atoms with Gasteiger partial charge in [0.15, 0.2) is 0 Å². The smallest absolute Gasteiger partial charge is 0.225 e. The first kappa shape index (κ1) is 14.5. The second-order valence-corrected chi connectivity index (χ2v) is 4.53. The van der Waals surface area contributed by atoms with Crippen LogP contribution in [0.1, 0.15) is 6.42 Å². The standard InChI is InChI=1S/C14H22N2O2/c1-15(2)10-11-16(3)14(17)9-12-18-13-7-5-4-6-8-13/h4-8H,9-12H2,1-3H3. The van der Waals surface area contributed by atoms with Crippen molar-refractivity contribution in [2.75, 3.05) is 40.8 Å². The summed E-state index contributed by atoms with van der Waals surface area (Å²) in [5.41, 5.74) is 0. The quantitative estimate of drug-likeness (QED) is 0.735.